The molecule has 1 aromatic rings. The number of hydrogen-bond acceptors (Lipinski definition) is 3. The Hall–Kier alpha value is -0.680. The number of nitrogens with one attached hydrogen (secondary N) is 1. The molecule has 1 fully saturated rings. The van der Waals surface area contributed by atoms with Gasteiger partial charge in [-0.25, -0.2) is 0 Å². The standard InChI is InChI=1S/C14H18Cl2N2O2.ClH/c1-20-14-10(15)6-9(7-11(14)16)18-13(19)5-8-3-2-4-12(8)17;/h6-8,12H,2-5,17H2,1H3,(H,18,19);1H/t8-,12+;/m0./s1. The van der Waals surface area contributed by atoms with Gasteiger partial charge < -0.3 is 15.8 Å². The highest BCUT2D eigenvalue weighted by atomic mass is 35.5. The van der Waals surface area contributed by atoms with Gasteiger partial charge in [0.05, 0.1) is 17.2 Å². The molecule has 21 heavy (non-hydrogen) atoms. The lowest BCUT2D eigenvalue weighted by Gasteiger charge is -2.15. The molecule has 2 atom stereocenters. The van der Waals surface area contributed by atoms with Crippen molar-refractivity contribution in [1.82, 2.24) is 0 Å². The van der Waals surface area contributed by atoms with E-state index in [1.807, 2.05) is 0 Å². The van der Waals surface area contributed by atoms with E-state index in [0.717, 1.165) is 19.3 Å². The van der Waals surface area contributed by atoms with Gasteiger partial charge in [0.15, 0.2) is 5.75 Å². The molecular formula is C14H19Cl3N2O2. The lowest BCUT2D eigenvalue weighted by molar-refractivity contribution is -0.117. The molecule has 118 valence electrons. The number of nitrogens with two attached hydrogens (primary N) is 1. The van der Waals surface area contributed by atoms with E-state index >= 15 is 0 Å². The Morgan fingerprint density at radius 3 is 2.48 bits per heavy atom. The lowest BCUT2D eigenvalue weighted by atomic mass is 10.00. The maximum absolute atomic E-state index is 12.0. The number of benzene rings is 1. The van der Waals surface area contributed by atoms with Gasteiger partial charge in [-0.15, -0.1) is 12.4 Å². The van der Waals surface area contributed by atoms with Crippen molar-refractivity contribution in [3.63, 3.8) is 0 Å². The Bertz CT molecular complexity index is 488. The third-order valence-corrected chi connectivity index (χ3v) is 4.21. The molecule has 1 aliphatic rings. The van der Waals surface area contributed by atoms with E-state index in [4.69, 9.17) is 33.7 Å². The minimum absolute atomic E-state index is 0. The SMILES string of the molecule is COc1c(Cl)cc(NC(=O)C[C@@H]2CCC[C@H]2N)cc1Cl.Cl. The van der Waals surface area contributed by atoms with Crippen LogP contribution >= 0.6 is 35.6 Å². The quantitative estimate of drug-likeness (QED) is 0.863. The summed E-state index contributed by atoms with van der Waals surface area (Å²) >= 11 is 12.1. The number of ether oxygens (including phenoxy) is 1. The highest BCUT2D eigenvalue weighted by Gasteiger charge is 2.26. The Balaban J connectivity index is 0.00000220. The molecule has 0 aliphatic heterocycles. The van der Waals surface area contributed by atoms with Gasteiger partial charge in [0.25, 0.3) is 0 Å². The summed E-state index contributed by atoms with van der Waals surface area (Å²) in [5, 5.41) is 3.54. The van der Waals surface area contributed by atoms with Crippen LogP contribution in [0.5, 0.6) is 5.75 Å². The molecule has 3 N–H and O–H groups in total. The molecule has 0 aromatic heterocycles. The molecule has 4 nitrogen and oxygen atoms in total. The van der Waals surface area contributed by atoms with Crippen molar-refractivity contribution in [3.8, 4) is 5.75 Å². The molecular weight excluding hydrogens is 335 g/mol. The Morgan fingerprint density at radius 1 is 1.38 bits per heavy atom. The van der Waals surface area contributed by atoms with Crippen molar-refractivity contribution in [3.05, 3.63) is 22.2 Å². The fraction of sp³-hybridized carbons (Fsp3) is 0.500. The number of halogens is 3. The van der Waals surface area contributed by atoms with E-state index in [1.165, 1.54) is 7.11 Å². The van der Waals surface area contributed by atoms with Gasteiger partial charge in [-0.3, -0.25) is 4.79 Å². The topological polar surface area (TPSA) is 64.3 Å². The highest BCUT2D eigenvalue weighted by molar-refractivity contribution is 6.37. The number of rotatable bonds is 4. The molecule has 0 unspecified atom stereocenters. The van der Waals surface area contributed by atoms with Gasteiger partial charge in [-0.1, -0.05) is 29.6 Å². The van der Waals surface area contributed by atoms with Crippen LogP contribution in [0.1, 0.15) is 25.7 Å². The smallest absolute Gasteiger partial charge is 0.224 e. The van der Waals surface area contributed by atoms with Crippen molar-refractivity contribution in [1.29, 1.82) is 0 Å². The summed E-state index contributed by atoms with van der Waals surface area (Å²) < 4.78 is 5.06. The van der Waals surface area contributed by atoms with Crippen molar-refractivity contribution in [2.45, 2.75) is 31.7 Å². The fourth-order valence-corrected chi connectivity index (χ4v) is 3.24. The Labute approximate surface area is 140 Å². The van der Waals surface area contributed by atoms with Gasteiger partial charge >= 0.3 is 0 Å². The van der Waals surface area contributed by atoms with Crippen LogP contribution in [0.25, 0.3) is 0 Å². The van der Waals surface area contributed by atoms with Crippen LogP contribution in [0.15, 0.2) is 12.1 Å². The molecule has 7 heteroatoms. The molecule has 1 aliphatic carbocycles. The summed E-state index contributed by atoms with van der Waals surface area (Å²) in [6, 6.07) is 3.38. The maximum atomic E-state index is 12.0. The number of amides is 1. The summed E-state index contributed by atoms with van der Waals surface area (Å²) in [6.07, 6.45) is 3.54. The molecule has 1 amide bonds. The van der Waals surface area contributed by atoms with E-state index in [-0.39, 0.29) is 30.3 Å². The van der Waals surface area contributed by atoms with Crippen LogP contribution < -0.4 is 15.8 Å². The molecule has 0 radical (unpaired) electrons. The first-order valence-corrected chi connectivity index (χ1v) is 7.35. The predicted octanol–water partition coefficient (Wildman–Crippen LogP) is 3.88. The minimum Gasteiger partial charge on any atom is -0.494 e. The Morgan fingerprint density at radius 2 is 2.00 bits per heavy atom. The summed E-state index contributed by atoms with van der Waals surface area (Å²) in [4.78, 5) is 12.0. The summed E-state index contributed by atoms with van der Waals surface area (Å²) in [6.45, 7) is 0. The minimum atomic E-state index is -0.0651. The van der Waals surface area contributed by atoms with Crippen molar-refractivity contribution >= 4 is 47.2 Å². The molecule has 1 saturated carbocycles. The van der Waals surface area contributed by atoms with Crippen LogP contribution in [-0.2, 0) is 4.79 Å². The zero-order valence-electron chi connectivity index (χ0n) is 11.7. The first-order valence-electron chi connectivity index (χ1n) is 6.59. The maximum Gasteiger partial charge on any atom is 0.224 e. The normalized spacial score (nSPS) is 20.8. The van der Waals surface area contributed by atoms with Crippen molar-refractivity contribution < 1.29 is 9.53 Å². The highest BCUT2D eigenvalue weighted by Crippen LogP contribution is 2.36. The Kier molecular flexibility index (Phi) is 7.07. The fourth-order valence-electron chi connectivity index (χ4n) is 2.60. The van der Waals surface area contributed by atoms with Crippen LogP contribution in [-0.4, -0.2) is 19.1 Å². The molecule has 2 rings (SSSR count). The molecule has 0 spiro atoms. The average molecular weight is 354 g/mol. The first kappa shape index (κ1) is 18.4. The molecule has 0 saturated heterocycles. The third-order valence-electron chi connectivity index (χ3n) is 3.65. The second-order valence-electron chi connectivity index (χ2n) is 5.08. The number of carbonyl (C=O) groups is 1. The zero-order chi connectivity index (χ0) is 14.7. The van der Waals surface area contributed by atoms with Crippen LogP contribution in [0.3, 0.4) is 0 Å². The van der Waals surface area contributed by atoms with E-state index in [9.17, 15) is 4.79 Å². The number of anilines is 1. The zero-order valence-corrected chi connectivity index (χ0v) is 14.0. The number of hydrogen-bond donors (Lipinski definition) is 2. The van der Waals surface area contributed by atoms with Crippen LogP contribution in [0.2, 0.25) is 10.0 Å². The number of carbonyl (C=O) groups excluding carboxylic acids is 1. The average Bonchev–Trinajstić information content (AvgIpc) is 2.74. The second kappa shape index (κ2) is 8.08. The molecule has 0 bridgehead atoms. The summed E-state index contributed by atoms with van der Waals surface area (Å²) in [5.74, 6) is 0.605. The largest absolute Gasteiger partial charge is 0.494 e. The van der Waals surface area contributed by atoms with Crippen molar-refractivity contribution in [2.75, 3.05) is 12.4 Å². The van der Waals surface area contributed by atoms with Crippen molar-refractivity contribution in [2.24, 2.45) is 11.7 Å². The molecule has 1 aromatic carbocycles. The van der Waals surface area contributed by atoms with Gasteiger partial charge in [-0.2, -0.15) is 0 Å². The van der Waals surface area contributed by atoms with Gasteiger partial charge in [0.2, 0.25) is 5.91 Å². The van der Waals surface area contributed by atoms with E-state index < -0.39 is 0 Å². The second-order valence-corrected chi connectivity index (χ2v) is 5.89. The van der Waals surface area contributed by atoms with Gasteiger partial charge in [0, 0.05) is 18.2 Å². The molecule has 0 heterocycles. The van der Waals surface area contributed by atoms with Crippen LogP contribution in [0, 0.1) is 5.92 Å². The van der Waals surface area contributed by atoms with Gasteiger partial charge in [0.1, 0.15) is 0 Å². The van der Waals surface area contributed by atoms with E-state index in [2.05, 4.69) is 5.32 Å². The predicted molar refractivity (Wildman–Crippen MR) is 88.8 cm³/mol. The van der Waals surface area contributed by atoms with E-state index in [0.29, 0.717) is 27.9 Å². The lowest BCUT2D eigenvalue weighted by Crippen LogP contribution is -2.28. The van der Waals surface area contributed by atoms with Gasteiger partial charge in [-0.05, 0) is 30.9 Å². The summed E-state index contributed by atoms with van der Waals surface area (Å²) in [7, 11) is 1.49. The monoisotopic (exact) mass is 352 g/mol. The third kappa shape index (κ3) is 4.65. The number of methoxy groups -OCH3 is 1. The first-order chi connectivity index (χ1) is 9.51. The van der Waals surface area contributed by atoms with E-state index in [1.54, 1.807) is 12.1 Å². The van der Waals surface area contributed by atoms with Crippen LogP contribution in [0.4, 0.5) is 5.69 Å². The summed E-state index contributed by atoms with van der Waals surface area (Å²) in [5.41, 5.74) is 6.54.